The fourth-order valence-corrected chi connectivity index (χ4v) is 1.00. The smallest absolute Gasteiger partial charge is 0.331 e. The van der Waals surface area contributed by atoms with Crippen molar-refractivity contribution < 1.29 is 39.3 Å². The van der Waals surface area contributed by atoms with Gasteiger partial charge in [0.2, 0.25) is 0 Å². The predicted molar refractivity (Wildman–Crippen MR) is 47.4 cm³/mol. The number of carboxylic acids is 2. The summed E-state index contributed by atoms with van der Waals surface area (Å²) in [4.78, 5) is 21.1. The molecule has 0 aromatic rings. The summed E-state index contributed by atoms with van der Waals surface area (Å²) >= 11 is 0. The number of carboxylic acid groups (broad SMARTS) is 2. The van der Waals surface area contributed by atoms with Crippen molar-refractivity contribution in [1.82, 2.24) is 0 Å². The predicted octanol–water partition coefficient (Wildman–Crippen LogP) is 1.52. The Balaban J connectivity index is 0. The average Bonchev–Trinajstić information content (AvgIpc) is 2.04. The molecule has 0 aliphatic rings. The van der Waals surface area contributed by atoms with E-state index >= 15 is 0 Å². The topological polar surface area (TPSA) is 74.6 Å². The number of aliphatic carboxylic acids is 2. The first kappa shape index (κ1) is 15.8. The third kappa shape index (κ3) is 5.12. The van der Waals surface area contributed by atoms with Crippen molar-refractivity contribution >= 4 is 11.9 Å². The van der Waals surface area contributed by atoms with Gasteiger partial charge in [-0.15, -0.1) is 0 Å². The molecule has 0 aromatic carbocycles. The van der Waals surface area contributed by atoms with Gasteiger partial charge in [0.25, 0.3) is 0 Å². The summed E-state index contributed by atoms with van der Waals surface area (Å²) in [6, 6.07) is 0. The molecule has 0 saturated carbocycles. The second kappa shape index (κ2) is 7.68. The van der Waals surface area contributed by atoms with Gasteiger partial charge in [0.05, 0.1) is 5.92 Å². The third-order valence-electron chi connectivity index (χ3n) is 1.84. The molecule has 1 unspecified atom stereocenters. The normalized spacial score (nSPS) is 11.2. The maximum atomic E-state index is 10.6. The van der Waals surface area contributed by atoms with Crippen LogP contribution in [0.4, 0.5) is 0 Å². The quantitative estimate of drug-likeness (QED) is 0.554. The van der Waals surface area contributed by atoms with Crippen LogP contribution in [0.25, 0.3) is 0 Å². The number of unbranched alkanes of at least 4 members (excludes halogenated alkanes) is 1. The van der Waals surface area contributed by atoms with Crippen molar-refractivity contribution in [2.24, 2.45) is 5.92 Å². The molecule has 14 heavy (non-hydrogen) atoms. The third-order valence-corrected chi connectivity index (χ3v) is 1.84. The van der Waals surface area contributed by atoms with E-state index in [-0.39, 0.29) is 25.1 Å². The molecule has 0 aliphatic heterocycles. The first-order chi connectivity index (χ1) is 6.00. The van der Waals surface area contributed by atoms with Crippen LogP contribution < -0.4 is 0 Å². The van der Waals surface area contributed by atoms with E-state index in [1.807, 2.05) is 6.92 Å². The van der Waals surface area contributed by atoms with Crippen molar-refractivity contribution in [3.05, 3.63) is 12.2 Å². The molecule has 2 N–H and O–H groups in total. The van der Waals surface area contributed by atoms with Crippen LogP contribution >= 0.6 is 0 Å². The maximum Gasteiger partial charge on any atom is 0.331 e. The molecule has 0 radical (unpaired) electrons. The van der Waals surface area contributed by atoms with E-state index in [0.717, 1.165) is 6.42 Å². The van der Waals surface area contributed by atoms with Gasteiger partial charge in [0.15, 0.2) is 0 Å². The SMILES string of the molecule is C=C(C(=O)O)C(CCCC)C(=O)O.[Zn]. The molecule has 0 heterocycles. The minimum absolute atomic E-state index is 0. The van der Waals surface area contributed by atoms with E-state index in [4.69, 9.17) is 10.2 Å². The molecule has 76 valence electrons. The Bertz CT molecular complexity index is 225. The number of carbonyl (C=O) groups is 2. The summed E-state index contributed by atoms with van der Waals surface area (Å²) in [5.41, 5.74) is -0.235. The van der Waals surface area contributed by atoms with Crippen LogP contribution in [0, 0.1) is 5.92 Å². The van der Waals surface area contributed by atoms with Crippen molar-refractivity contribution in [3.8, 4) is 0 Å². The molecule has 4 nitrogen and oxygen atoms in total. The van der Waals surface area contributed by atoms with Gasteiger partial charge in [-0.05, 0) is 6.42 Å². The minimum atomic E-state index is -1.23. The Hall–Kier alpha value is -0.697. The molecule has 0 bridgehead atoms. The molecule has 1 atom stereocenters. The van der Waals surface area contributed by atoms with E-state index < -0.39 is 17.9 Å². The van der Waals surface area contributed by atoms with Crippen LogP contribution in [-0.4, -0.2) is 22.2 Å². The molecule has 0 spiro atoms. The zero-order valence-electron chi connectivity index (χ0n) is 8.32. The summed E-state index contributed by atoms with van der Waals surface area (Å²) in [7, 11) is 0. The Morgan fingerprint density at radius 1 is 1.36 bits per heavy atom. The van der Waals surface area contributed by atoms with Gasteiger partial charge < -0.3 is 10.2 Å². The van der Waals surface area contributed by atoms with E-state index in [1.165, 1.54) is 0 Å². The number of rotatable bonds is 6. The van der Waals surface area contributed by atoms with Gasteiger partial charge in [0.1, 0.15) is 0 Å². The van der Waals surface area contributed by atoms with Crippen LogP contribution in [0.1, 0.15) is 26.2 Å². The first-order valence-corrected chi connectivity index (χ1v) is 4.15. The Morgan fingerprint density at radius 2 is 1.86 bits per heavy atom. The van der Waals surface area contributed by atoms with E-state index in [2.05, 4.69) is 6.58 Å². The molecule has 0 saturated heterocycles. The van der Waals surface area contributed by atoms with E-state index in [1.54, 1.807) is 0 Å². The second-order valence-corrected chi connectivity index (χ2v) is 2.86. The van der Waals surface area contributed by atoms with Crippen LogP contribution in [0.5, 0.6) is 0 Å². The van der Waals surface area contributed by atoms with Gasteiger partial charge in [0, 0.05) is 25.1 Å². The van der Waals surface area contributed by atoms with Crippen molar-refractivity contribution in [2.45, 2.75) is 26.2 Å². The zero-order valence-corrected chi connectivity index (χ0v) is 11.3. The average molecular weight is 252 g/mol. The zero-order chi connectivity index (χ0) is 10.4. The molecule has 0 aromatic heterocycles. The minimum Gasteiger partial charge on any atom is -0.481 e. The standard InChI is InChI=1S/C9H14O4.Zn/c1-3-4-5-7(9(12)13)6(2)8(10)11;/h7H,2-5H2,1H3,(H,10,11)(H,12,13);. The molecular weight excluding hydrogens is 237 g/mol. The molecule has 0 aliphatic carbocycles. The maximum absolute atomic E-state index is 10.6. The van der Waals surface area contributed by atoms with Gasteiger partial charge in [-0.3, -0.25) is 4.79 Å². The second-order valence-electron chi connectivity index (χ2n) is 2.86. The Kier molecular flexibility index (Phi) is 8.65. The Labute approximate surface area is 95.8 Å². The fourth-order valence-electron chi connectivity index (χ4n) is 1.00. The molecule has 0 amide bonds. The van der Waals surface area contributed by atoms with Crippen molar-refractivity contribution in [1.29, 1.82) is 0 Å². The first-order valence-electron chi connectivity index (χ1n) is 4.15. The van der Waals surface area contributed by atoms with Crippen LogP contribution in [0.15, 0.2) is 12.2 Å². The van der Waals surface area contributed by atoms with Crippen LogP contribution in [-0.2, 0) is 29.1 Å². The largest absolute Gasteiger partial charge is 0.481 e. The molecule has 0 rings (SSSR count). The van der Waals surface area contributed by atoms with Gasteiger partial charge in [-0.25, -0.2) is 4.79 Å². The number of hydrogen-bond acceptors (Lipinski definition) is 2. The van der Waals surface area contributed by atoms with Crippen LogP contribution in [0.2, 0.25) is 0 Å². The van der Waals surface area contributed by atoms with Gasteiger partial charge >= 0.3 is 11.9 Å². The molecule has 5 heteroatoms. The van der Waals surface area contributed by atoms with Crippen molar-refractivity contribution in [2.75, 3.05) is 0 Å². The summed E-state index contributed by atoms with van der Waals surface area (Å²) < 4.78 is 0. The molecular formula is C9H14O4Zn. The molecule has 0 fully saturated rings. The van der Waals surface area contributed by atoms with Crippen molar-refractivity contribution in [3.63, 3.8) is 0 Å². The summed E-state index contributed by atoms with van der Waals surface area (Å²) in [6.45, 7) is 5.17. The van der Waals surface area contributed by atoms with E-state index in [0.29, 0.717) is 12.8 Å². The van der Waals surface area contributed by atoms with E-state index in [9.17, 15) is 9.59 Å². The number of hydrogen-bond donors (Lipinski definition) is 2. The summed E-state index contributed by atoms with van der Waals surface area (Å²) in [5.74, 6) is -3.29. The fraction of sp³-hybridized carbons (Fsp3) is 0.556. The van der Waals surface area contributed by atoms with Crippen LogP contribution in [0.3, 0.4) is 0 Å². The monoisotopic (exact) mass is 250 g/mol. The summed E-state index contributed by atoms with van der Waals surface area (Å²) in [5, 5.41) is 17.2. The Morgan fingerprint density at radius 3 is 2.14 bits per heavy atom. The summed E-state index contributed by atoms with van der Waals surface area (Å²) in [6.07, 6.45) is 1.89. The van der Waals surface area contributed by atoms with Gasteiger partial charge in [-0.2, -0.15) is 0 Å². The van der Waals surface area contributed by atoms with Gasteiger partial charge in [-0.1, -0.05) is 26.3 Å².